The molecule has 1 N–H and O–H groups in total. The van der Waals surface area contributed by atoms with Crippen molar-refractivity contribution in [2.24, 2.45) is 0 Å². The Morgan fingerprint density at radius 3 is 2.70 bits per heavy atom. The van der Waals surface area contributed by atoms with Crippen LogP contribution in [0, 0.1) is 5.82 Å². The molecule has 1 aromatic carbocycles. The average molecular weight is 406 g/mol. The summed E-state index contributed by atoms with van der Waals surface area (Å²) in [6, 6.07) is 7.78. The lowest BCUT2D eigenvalue weighted by Gasteiger charge is -2.13. The molecular weight excluding hydrogens is 389 g/mol. The molecule has 0 saturated carbocycles. The zero-order valence-electron chi connectivity index (χ0n) is 14.7. The highest BCUT2D eigenvalue weighted by Crippen LogP contribution is 2.27. The molecule has 27 heavy (non-hydrogen) atoms. The summed E-state index contributed by atoms with van der Waals surface area (Å²) in [7, 11) is 0. The number of thioether (sulfide) groups is 1. The molecule has 0 aliphatic carbocycles. The second kappa shape index (κ2) is 8.49. The molecule has 1 unspecified atom stereocenters. The van der Waals surface area contributed by atoms with Gasteiger partial charge in [-0.05, 0) is 44.2 Å². The van der Waals surface area contributed by atoms with Crippen molar-refractivity contribution < 1.29 is 9.18 Å². The molecule has 0 bridgehead atoms. The predicted molar refractivity (Wildman–Crippen MR) is 104 cm³/mol. The Morgan fingerprint density at radius 2 is 2.04 bits per heavy atom. The van der Waals surface area contributed by atoms with Crippen LogP contribution < -0.4 is 5.32 Å². The van der Waals surface area contributed by atoms with Crippen molar-refractivity contribution in [3.8, 4) is 11.4 Å². The van der Waals surface area contributed by atoms with E-state index in [0.29, 0.717) is 17.4 Å². The summed E-state index contributed by atoms with van der Waals surface area (Å²) >= 11 is 7.05. The highest BCUT2D eigenvalue weighted by molar-refractivity contribution is 8.00. The Kier molecular flexibility index (Phi) is 6.08. The maximum absolute atomic E-state index is 13.2. The first-order valence-electron chi connectivity index (χ1n) is 8.25. The fourth-order valence-electron chi connectivity index (χ4n) is 2.40. The molecule has 9 heteroatoms. The normalized spacial score (nSPS) is 12.0. The number of halogens is 2. The molecule has 0 aliphatic heterocycles. The number of carbonyl (C=O) groups is 1. The maximum Gasteiger partial charge on any atom is 0.237 e. The van der Waals surface area contributed by atoms with Gasteiger partial charge in [-0.3, -0.25) is 9.78 Å². The van der Waals surface area contributed by atoms with Gasteiger partial charge >= 0.3 is 0 Å². The molecule has 2 heterocycles. The van der Waals surface area contributed by atoms with Crippen molar-refractivity contribution in [1.29, 1.82) is 0 Å². The highest BCUT2D eigenvalue weighted by Gasteiger charge is 2.20. The van der Waals surface area contributed by atoms with E-state index in [2.05, 4.69) is 20.5 Å². The van der Waals surface area contributed by atoms with Gasteiger partial charge in [-0.15, -0.1) is 10.2 Å². The highest BCUT2D eigenvalue weighted by atomic mass is 35.5. The van der Waals surface area contributed by atoms with Crippen molar-refractivity contribution in [1.82, 2.24) is 19.7 Å². The minimum Gasteiger partial charge on any atom is -0.325 e. The van der Waals surface area contributed by atoms with E-state index >= 15 is 0 Å². The van der Waals surface area contributed by atoms with Crippen LogP contribution in [0.4, 0.5) is 10.1 Å². The van der Waals surface area contributed by atoms with Gasteiger partial charge in [0.2, 0.25) is 5.91 Å². The summed E-state index contributed by atoms with van der Waals surface area (Å²) in [5.41, 5.74) is 1.34. The third-order valence-corrected chi connectivity index (χ3v) is 5.18. The van der Waals surface area contributed by atoms with Crippen molar-refractivity contribution in [2.75, 3.05) is 5.32 Å². The Morgan fingerprint density at radius 1 is 1.30 bits per heavy atom. The minimum absolute atomic E-state index is 0.0409. The van der Waals surface area contributed by atoms with E-state index in [4.69, 9.17) is 11.6 Å². The fraction of sp³-hybridized carbons (Fsp3) is 0.222. The predicted octanol–water partition coefficient (Wildman–Crippen LogP) is 4.27. The molecule has 3 aromatic rings. The number of pyridine rings is 1. The fourth-order valence-corrected chi connectivity index (χ4v) is 3.50. The Bertz CT molecular complexity index is 950. The van der Waals surface area contributed by atoms with Crippen LogP contribution in [-0.4, -0.2) is 30.9 Å². The van der Waals surface area contributed by atoms with Crippen LogP contribution in [0.15, 0.2) is 47.9 Å². The lowest BCUT2D eigenvalue weighted by molar-refractivity contribution is -0.115. The largest absolute Gasteiger partial charge is 0.325 e. The smallest absolute Gasteiger partial charge is 0.237 e. The molecule has 0 saturated heterocycles. The van der Waals surface area contributed by atoms with E-state index in [9.17, 15) is 9.18 Å². The van der Waals surface area contributed by atoms with Gasteiger partial charge in [-0.1, -0.05) is 23.4 Å². The number of amides is 1. The van der Waals surface area contributed by atoms with E-state index in [1.807, 2.05) is 23.6 Å². The monoisotopic (exact) mass is 405 g/mol. The van der Waals surface area contributed by atoms with Gasteiger partial charge in [0.1, 0.15) is 5.82 Å². The van der Waals surface area contributed by atoms with Gasteiger partial charge in [0.05, 0.1) is 10.3 Å². The van der Waals surface area contributed by atoms with Crippen LogP contribution in [0.3, 0.4) is 0 Å². The van der Waals surface area contributed by atoms with Gasteiger partial charge in [0, 0.05) is 30.2 Å². The molecule has 2 aromatic heterocycles. The summed E-state index contributed by atoms with van der Waals surface area (Å²) in [6.45, 7) is 4.42. The molecule has 1 atom stereocenters. The van der Waals surface area contributed by atoms with Gasteiger partial charge in [-0.25, -0.2) is 4.39 Å². The third-order valence-electron chi connectivity index (χ3n) is 3.81. The quantitative estimate of drug-likeness (QED) is 0.620. The minimum atomic E-state index is -0.531. The van der Waals surface area contributed by atoms with Crippen molar-refractivity contribution in [3.63, 3.8) is 0 Å². The van der Waals surface area contributed by atoms with Crippen molar-refractivity contribution in [3.05, 3.63) is 53.6 Å². The molecule has 0 radical (unpaired) electrons. The van der Waals surface area contributed by atoms with Crippen LogP contribution in [-0.2, 0) is 11.3 Å². The van der Waals surface area contributed by atoms with Crippen LogP contribution in [0.5, 0.6) is 0 Å². The second-order valence-electron chi connectivity index (χ2n) is 5.66. The second-order valence-corrected chi connectivity index (χ2v) is 7.38. The van der Waals surface area contributed by atoms with Crippen molar-refractivity contribution >= 4 is 35.0 Å². The number of hydrogen-bond donors (Lipinski definition) is 1. The standard InChI is InChI=1S/C18H17ClFN5OS/c1-3-25-16(12-6-8-21-9-7-12)23-24-18(25)27-11(2)17(26)22-13-4-5-15(20)14(19)10-13/h4-11H,3H2,1-2H3,(H,22,26). The average Bonchev–Trinajstić information content (AvgIpc) is 3.08. The van der Waals surface area contributed by atoms with Crippen molar-refractivity contribution in [2.45, 2.75) is 30.8 Å². The van der Waals surface area contributed by atoms with Gasteiger partial charge in [0.25, 0.3) is 0 Å². The molecule has 0 spiro atoms. The molecule has 3 rings (SSSR count). The maximum atomic E-state index is 13.2. The first kappa shape index (κ1) is 19.3. The van der Waals surface area contributed by atoms with Gasteiger partial charge in [-0.2, -0.15) is 0 Å². The van der Waals surface area contributed by atoms with Crippen LogP contribution in [0.25, 0.3) is 11.4 Å². The summed E-state index contributed by atoms with van der Waals surface area (Å²) in [5, 5.41) is 11.4. The van der Waals surface area contributed by atoms with E-state index in [1.165, 1.54) is 30.0 Å². The first-order valence-corrected chi connectivity index (χ1v) is 9.51. The van der Waals surface area contributed by atoms with E-state index in [-0.39, 0.29) is 10.9 Å². The summed E-state index contributed by atoms with van der Waals surface area (Å²) < 4.78 is 15.2. The Labute approximate surface area is 165 Å². The number of benzene rings is 1. The molecule has 6 nitrogen and oxygen atoms in total. The molecular formula is C18H17ClFN5OS. The summed E-state index contributed by atoms with van der Waals surface area (Å²) in [5.74, 6) is -0.0455. The first-order chi connectivity index (χ1) is 13.0. The number of aromatic nitrogens is 4. The van der Waals surface area contributed by atoms with Crippen LogP contribution >= 0.6 is 23.4 Å². The van der Waals surface area contributed by atoms with Crippen LogP contribution in [0.2, 0.25) is 5.02 Å². The molecule has 0 fully saturated rings. The number of hydrogen-bond acceptors (Lipinski definition) is 5. The number of anilines is 1. The summed E-state index contributed by atoms with van der Waals surface area (Å²) in [6.07, 6.45) is 3.39. The third kappa shape index (κ3) is 4.45. The Balaban J connectivity index is 1.73. The summed E-state index contributed by atoms with van der Waals surface area (Å²) in [4.78, 5) is 16.5. The topological polar surface area (TPSA) is 72.7 Å². The molecule has 1 amide bonds. The Hall–Kier alpha value is -2.45. The van der Waals surface area contributed by atoms with E-state index in [1.54, 1.807) is 19.3 Å². The van der Waals surface area contributed by atoms with E-state index < -0.39 is 11.1 Å². The molecule has 140 valence electrons. The van der Waals surface area contributed by atoms with Gasteiger partial charge in [0.15, 0.2) is 11.0 Å². The number of nitrogens with one attached hydrogen (secondary N) is 1. The lowest BCUT2D eigenvalue weighted by atomic mass is 10.2. The molecule has 0 aliphatic rings. The van der Waals surface area contributed by atoms with E-state index in [0.717, 1.165) is 11.4 Å². The lowest BCUT2D eigenvalue weighted by Crippen LogP contribution is -2.23. The van der Waals surface area contributed by atoms with Gasteiger partial charge < -0.3 is 9.88 Å². The number of nitrogens with zero attached hydrogens (tertiary/aromatic N) is 4. The zero-order chi connectivity index (χ0) is 19.4. The SMILES string of the molecule is CCn1c(SC(C)C(=O)Nc2ccc(F)c(Cl)c2)nnc1-c1ccncc1. The number of carbonyl (C=O) groups excluding carboxylic acids is 1. The zero-order valence-corrected chi connectivity index (χ0v) is 16.3. The number of rotatable bonds is 6. The van der Waals surface area contributed by atoms with Crippen LogP contribution in [0.1, 0.15) is 13.8 Å².